The van der Waals surface area contributed by atoms with Crippen LogP contribution in [0.3, 0.4) is 0 Å². The number of aryl methyl sites for hydroxylation is 1. The second kappa shape index (κ2) is 7.26. The molecular weight excluding hydrogens is 406 g/mol. The minimum Gasteiger partial charge on any atom is -0.493 e. The molecule has 2 atom stereocenters. The fraction of sp³-hybridized carbons (Fsp3) is 0.308. The molecule has 0 fully saturated rings. The third-order valence-corrected chi connectivity index (χ3v) is 5.73. The molecule has 2 aliphatic heterocycles. The third-order valence-electron chi connectivity index (χ3n) is 5.73. The number of nitrogens with zero attached hydrogens (tertiary/aromatic N) is 1. The first-order chi connectivity index (χ1) is 15.2. The van der Waals surface area contributed by atoms with E-state index in [1.807, 2.05) is 64.1 Å². The van der Waals surface area contributed by atoms with Crippen molar-refractivity contribution in [1.29, 1.82) is 0 Å². The summed E-state index contributed by atoms with van der Waals surface area (Å²) < 4.78 is 19.3. The number of para-hydroxylation sites is 1. The minimum atomic E-state index is -0.608. The number of ketones is 1. The van der Waals surface area contributed by atoms with Crippen molar-refractivity contribution in [3.63, 3.8) is 0 Å². The van der Waals surface area contributed by atoms with Gasteiger partial charge < -0.3 is 14.2 Å². The van der Waals surface area contributed by atoms with E-state index in [0.717, 1.165) is 22.0 Å². The van der Waals surface area contributed by atoms with Gasteiger partial charge in [0.1, 0.15) is 23.6 Å². The molecule has 0 radical (unpaired) electrons. The number of carbonyl (C=O) groups is 2. The molecule has 5 rings (SSSR count). The highest BCUT2D eigenvalue weighted by Crippen LogP contribution is 2.41. The van der Waals surface area contributed by atoms with Crippen molar-refractivity contribution < 1.29 is 23.8 Å². The van der Waals surface area contributed by atoms with Gasteiger partial charge in [0.25, 0.3) is 0 Å². The largest absolute Gasteiger partial charge is 0.493 e. The van der Waals surface area contributed by atoms with Crippen molar-refractivity contribution in [2.24, 2.45) is 0 Å². The molecule has 2 aliphatic rings. The van der Waals surface area contributed by atoms with Crippen molar-refractivity contribution in [3.05, 3.63) is 77.2 Å². The van der Waals surface area contributed by atoms with Crippen LogP contribution in [-0.2, 0) is 9.47 Å². The standard InChI is InChI=1S/C26H25NO5/c1-15-9-10-17-22(11-15)31-23-12-21(30-14-19(23)24(17)28)18-13-27(25(29)32-26(2,3)4)20-8-6-5-7-16(18)20/h5-11,13-14,21,23H,12H2,1-4H3/t21-,23+/m1/s1. The van der Waals surface area contributed by atoms with E-state index in [1.165, 1.54) is 10.8 Å². The summed E-state index contributed by atoms with van der Waals surface area (Å²) in [6.07, 6.45) is 2.54. The molecule has 32 heavy (non-hydrogen) atoms. The number of ether oxygens (including phenoxy) is 3. The molecule has 0 spiro atoms. The van der Waals surface area contributed by atoms with Gasteiger partial charge in [-0.05, 0) is 51.5 Å². The molecule has 0 amide bonds. The van der Waals surface area contributed by atoms with Gasteiger partial charge >= 0.3 is 6.09 Å². The van der Waals surface area contributed by atoms with Crippen LogP contribution in [-0.4, -0.2) is 28.1 Å². The highest BCUT2D eigenvalue weighted by molar-refractivity contribution is 6.12. The van der Waals surface area contributed by atoms with E-state index in [4.69, 9.17) is 14.2 Å². The van der Waals surface area contributed by atoms with Gasteiger partial charge in [-0.1, -0.05) is 24.3 Å². The molecule has 2 aromatic carbocycles. The summed E-state index contributed by atoms with van der Waals surface area (Å²) in [7, 11) is 0. The first-order valence-corrected chi connectivity index (χ1v) is 10.7. The molecule has 0 bridgehead atoms. The zero-order valence-corrected chi connectivity index (χ0v) is 18.5. The fourth-order valence-corrected chi connectivity index (χ4v) is 4.27. The summed E-state index contributed by atoms with van der Waals surface area (Å²) in [6.45, 7) is 7.49. The SMILES string of the molecule is Cc1ccc2c(c1)O[C@H]1C[C@H](c3cn(C(=O)OC(C)(C)C)c4ccccc34)OC=C1C2=O. The number of aromatic nitrogens is 1. The van der Waals surface area contributed by atoms with Crippen LogP contribution in [0, 0.1) is 6.92 Å². The molecule has 0 unspecified atom stereocenters. The van der Waals surface area contributed by atoms with Crippen LogP contribution in [0.25, 0.3) is 10.9 Å². The maximum Gasteiger partial charge on any atom is 0.419 e. The highest BCUT2D eigenvalue weighted by Gasteiger charge is 2.38. The number of carbonyl (C=O) groups excluding carboxylic acids is 2. The van der Waals surface area contributed by atoms with Crippen molar-refractivity contribution >= 4 is 22.8 Å². The van der Waals surface area contributed by atoms with Crippen molar-refractivity contribution in [1.82, 2.24) is 4.57 Å². The predicted molar refractivity (Wildman–Crippen MR) is 120 cm³/mol. The number of hydrogen-bond donors (Lipinski definition) is 0. The van der Waals surface area contributed by atoms with Gasteiger partial charge in [-0.15, -0.1) is 0 Å². The Kier molecular flexibility index (Phi) is 4.62. The van der Waals surface area contributed by atoms with E-state index in [2.05, 4.69) is 0 Å². The second-order valence-corrected chi connectivity index (χ2v) is 9.32. The van der Waals surface area contributed by atoms with E-state index < -0.39 is 17.8 Å². The van der Waals surface area contributed by atoms with Crippen molar-refractivity contribution in [2.75, 3.05) is 0 Å². The van der Waals surface area contributed by atoms with Crippen LogP contribution < -0.4 is 4.74 Å². The van der Waals surface area contributed by atoms with Gasteiger partial charge in [0, 0.05) is 23.6 Å². The van der Waals surface area contributed by atoms with Crippen LogP contribution in [0.2, 0.25) is 0 Å². The number of fused-ring (bicyclic) bond motifs is 3. The monoisotopic (exact) mass is 431 g/mol. The zero-order chi connectivity index (χ0) is 22.6. The van der Waals surface area contributed by atoms with Gasteiger partial charge in [0.2, 0.25) is 0 Å². The van der Waals surface area contributed by atoms with Gasteiger partial charge in [-0.2, -0.15) is 0 Å². The molecular formula is C26H25NO5. The molecule has 3 aromatic rings. The maximum absolute atomic E-state index is 13.0. The Hall–Kier alpha value is -3.54. The van der Waals surface area contributed by atoms with Crippen LogP contribution in [0.1, 0.15) is 54.8 Å². The van der Waals surface area contributed by atoms with E-state index in [0.29, 0.717) is 23.3 Å². The molecule has 3 heterocycles. The summed E-state index contributed by atoms with van der Waals surface area (Å²) in [6, 6.07) is 13.2. The molecule has 0 saturated carbocycles. The van der Waals surface area contributed by atoms with Crippen LogP contribution in [0.15, 0.2) is 60.5 Å². The Morgan fingerprint density at radius 3 is 2.69 bits per heavy atom. The molecule has 0 saturated heterocycles. The van der Waals surface area contributed by atoms with E-state index in [1.54, 1.807) is 12.3 Å². The minimum absolute atomic E-state index is 0.0640. The number of hydrogen-bond acceptors (Lipinski definition) is 5. The first-order valence-electron chi connectivity index (χ1n) is 10.7. The molecule has 0 aliphatic carbocycles. The van der Waals surface area contributed by atoms with E-state index in [-0.39, 0.29) is 11.9 Å². The maximum atomic E-state index is 13.0. The summed E-state index contributed by atoms with van der Waals surface area (Å²) in [5.41, 5.74) is 3.11. The summed E-state index contributed by atoms with van der Waals surface area (Å²) in [5.74, 6) is 0.542. The summed E-state index contributed by atoms with van der Waals surface area (Å²) in [4.78, 5) is 25.8. The Labute approximate surface area is 186 Å². The Balaban J connectivity index is 1.50. The van der Waals surface area contributed by atoms with Gasteiger partial charge in [0.05, 0.1) is 22.9 Å². The van der Waals surface area contributed by atoms with Gasteiger partial charge in [-0.25, -0.2) is 4.79 Å². The number of rotatable bonds is 1. The zero-order valence-electron chi connectivity index (χ0n) is 18.5. The molecule has 164 valence electrons. The second-order valence-electron chi connectivity index (χ2n) is 9.32. The van der Waals surface area contributed by atoms with Crippen LogP contribution in [0.4, 0.5) is 4.79 Å². The average Bonchev–Trinajstić information content (AvgIpc) is 3.12. The van der Waals surface area contributed by atoms with Crippen molar-refractivity contribution in [2.45, 2.75) is 51.9 Å². The Bertz CT molecular complexity index is 1280. The van der Waals surface area contributed by atoms with Crippen LogP contribution >= 0.6 is 0 Å². The lowest BCUT2D eigenvalue weighted by atomic mass is 9.89. The quantitative estimate of drug-likeness (QED) is 0.493. The summed E-state index contributed by atoms with van der Waals surface area (Å²) >= 11 is 0. The average molecular weight is 431 g/mol. The Morgan fingerprint density at radius 1 is 1.12 bits per heavy atom. The lowest BCUT2D eigenvalue weighted by molar-refractivity contribution is 0.0531. The Morgan fingerprint density at radius 2 is 1.91 bits per heavy atom. The lowest BCUT2D eigenvalue weighted by Crippen LogP contribution is -2.34. The van der Waals surface area contributed by atoms with E-state index >= 15 is 0 Å². The molecule has 1 aromatic heterocycles. The van der Waals surface area contributed by atoms with Crippen molar-refractivity contribution in [3.8, 4) is 5.75 Å². The first kappa shape index (κ1) is 20.4. The number of benzene rings is 2. The van der Waals surface area contributed by atoms with Crippen LogP contribution in [0.5, 0.6) is 5.75 Å². The normalized spacial score (nSPS) is 20.0. The fourth-order valence-electron chi connectivity index (χ4n) is 4.27. The lowest BCUT2D eigenvalue weighted by Gasteiger charge is -2.33. The molecule has 6 heteroatoms. The highest BCUT2D eigenvalue weighted by atomic mass is 16.6. The predicted octanol–water partition coefficient (Wildman–Crippen LogP) is 5.72. The van der Waals surface area contributed by atoms with Gasteiger partial charge in [0.15, 0.2) is 5.78 Å². The smallest absolute Gasteiger partial charge is 0.419 e. The third kappa shape index (κ3) is 3.45. The number of Topliss-reactive ketones (excluding diaryl/α,β-unsaturated/α-hetero) is 1. The summed E-state index contributed by atoms with van der Waals surface area (Å²) in [5, 5.41) is 0.901. The molecule has 6 nitrogen and oxygen atoms in total. The molecule has 0 N–H and O–H groups in total. The van der Waals surface area contributed by atoms with E-state index in [9.17, 15) is 9.59 Å². The topological polar surface area (TPSA) is 66.8 Å². The van der Waals surface area contributed by atoms with Gasteiger partial charge in [-0.3, -0.25) is 9.36 Å².